The Morgan fingerprint density at radius 1 is 1.11 bits per heavy atom. The Kier molecular flexibility index (Phi) is 6.18. The zero-order valence-electron chi connectivity index (χ0n) is 15.2. The van der Waals surface area contributed by atoms with Crippen LogP contribution in [0.15, 0.2) is 35.5 Å². The molecule has 9 heteroatoms. The number of hydrogen-bond donors (Lipinski definition) is 1. The summed E-state index contributed by atoms with van der Waals surface area (Å²) in [4.78, 5) is 8.43. The molecule has 1 saturated carbocycles. The number of nitrogens with zero attached hydrogens (tertiary/aromatic N) is 2. The van der Waals surface area contributed by atoms with Crippen LogP contribution in [0.2, 0.25) is 5.02 Å². The zero-order valence-corrected chi connectivity index (χ0v) is 16.8. The molecular weight excluding hydrogens is 390 g/mol. The molecule has 1 heterocycles. The second-order valence-corrected chi connectivity index (χ2v) is 8.61. The largest absolute Gasteiger partial charge is 0.477 e. The Hall–Kier alpha value is -1.90. The summed E-state index contributed by atoms with van der Waals surface area (Å²) in [6.07, 6.45) is 5.80. The molecule has 27 heavy (non-hydrogen) atoms. The maximum Gasteiger partial charge on any atom is 0.278 e. The molecule has 0 aliphatic heterocycles. The standard InChI is InChI=1S/C18H22ClN3O4S/c1-12-3-4-13(19)11-16(12)27(23,24)22-14-5-7-15(8-6-14)26-18-17(25-2)20-9-10-21-18/h3-4,9-11,14-15,22H,5-8H2,1-2H3. The summed E-state index contributed by atoms with van der Waals surface area (Å²) in [5.41, 5.74) is 0.665. The monoisotopic (exact) mass is 411 g/mol. The van der Waals surface area contributed by atoms with E-state index in [0.29, 0.717) is 48.0 Å². The van der Waals surface area contributed by atoms with Crippen LogP contribution < -0.4 is 14.2 Å². The van der Waals surface area contributed by atoms with Crippen molar-refractivity contribution in [3.05, 3.63) is 41.2 Å². The van der Waals surface area contributed by atoms with Crippen LogP contribution in [0.3, 0.4) is 0 Å². The van der Waals surface area contributed by atoms with E-state index in [1.54, 1.807) is 25.3 Å². The first-order chi connectivity index (χ1) is 12.9. The van der Waals surface area contributed by atoms with Gasteiger partial charge in [0.1, 0.15) is 6.10 Å². The quantitative estimate of drug-likeness (QED) is 0.785. The minimum absolute atomic E-state index is 0.0516. The van der Waals surface area contributed by atoms with Gasteiger partial charge in [0.05, 0.1) is 12.0 Å². The molecule has 1 aliphatic carbocycles. The maximum absolute atomic E-state index is 12.7. The predicted molar refractivity (Wildman–Crippen MR) is 102 cm³/mol. The van der Waals surface area contributed by atoms with Crippen LogP contribution in [0.1, 0.15) is 31.2 Å². The molecule has 1 aromatic carbocycles. The van der Waals surface area contributed by atoms with Crippen molar-refractivity contribution in [1.29, 1.82) is 0 Å². The number of rotatable bonds is 6. The molecule has 1 N–H and O–H groups in total. The molecular formula is C18H22ClN3O4S. The Morgan fingerprint density at radius 3 is 2.44 bits per heavy atom. The highest BCUT2D eigenvalue weighted by Gasteiger charge is 2.28. The highest BCUT2D eigenvalue weighted by Crippen LogP contribution is 2.28. The average Bonchev–Trinajstić information content (AvgIpc) is 2.65. The number of ether oxygens (including phenoxy) is 2. The fourth-order valence-corrected chi connectivity index (χ4v) is 4.95. The van der Waals surface area contributed by atoms with E-state index in [9.17, 15) is 8.42 Å². The molecule has 0 amide bonds. The second-order valence-electron chi connectivity index (χ2n) is 6.49. The van der Waals surface area contributed by atoms with Gasteiger partial charge in [-0.05, 0) is 50.3 Å². The van der Waals surface area contributed by atoms with E-state index in [0.717, 1.165) is 0 Å². The lowest BCUT2D eigenvalue weighted by atomic mass is 9.94. The van der Waals surface area contributed by atoms with E-state index in [1.807, 2.05) is 0 Å². The summed E-state index contributed by atoms with van der Waals surface area (Å²) < 4.78 is 39.2. The first-order valence-electron chi connectivity index (χ1n) is 8.69. The highest BCUT2D eigenvalue weighted by atomic mass is 35.5. The number of hydrogen-bond acceptors (Lipinski definition) is 6. The van der Waals surface area contributed by atoms with E-state index < -0.39 is 10.0 Å². The first-order valence-corrected chi connectivity index (χ1v) is 10.6. The van der Waals surface area contributed by atoms with Gasteiger partial charge in [-0.2, -0.15) is 0 Å². The van der Waals surface area contributed by atoms with Crippen molar-refractivity contribution in [2.24, 2.45) is 0 Å². The van der Waals surface area contributed by atoms with Crippen LogP contribution in [0.5, 0.6) is 11.8 Å². The molecule has 0 spiro atoms. The van der Waals surface area contributed by atoms with Crippen molar-refractivity contribution in [2.75, 3.05) is 7.11 Å². The third kappa shape index (κ3) is 4.88. The van der Waals surface area contributed by atoms with Gasteiger partial charge >= 0.3 is 0 Å². The van der Waals surface area contributed by atoms with Crippen molar-refractivity contribution in [2.45, 2.75) is 49.6 Å². The van der Waals surface area contributed by atoms with Gasteiger partial charge < -0.3 is 9.47 Å². The van der Waals surface area contributed by atoms with E-state index >= 15 is 0 Å². The normalized spacial score (nSPS) is 20.3. The van der Waals surface area contributed by atoms with Crippen LogP contribution in [-0.4, -0.2) is 37.6 Å². The van der Waals surface area contributed by atoms with Crippen LogP contribution in [0.4, 0.5) is 0 Å². The number of nitrogens with one attached hydrogen (secondary N) is 1. The number of methoxy groups -OCH3 is 1. The predicted octanol–water partition coefficient (Wildman–Crippen LogP) is 3.12. The molecule has 0 atom stereocenters. The van der Waals surface area contributed by atoms with Gasteiger partial charge in [-0.15, -0.1) is 0 Å². The van der Waals surface area contributed by atoms with Crippen LogP contribution in [0, 0.1) is 6.92 Å². The minimum atomic E-state index is -3.62. The lowest BCUT2D eigenvalue weighted by Crippen LogP contribution is -2.39. The Morgan fingerprint density at radius 2 is 1.78 bits per heavy atom. The Labute approximate surface area is 164 Å². The summed E-state index contributed by atoms with van der Waals surface area (Å²) in [5.74, 6) is 0.704. The van der Waals surface area contributed by atoms with Gasteiger partial charge in [0, 0.05) is 23.5 Å². The molecule has 1 aromatic heterocycles. The van der Waals surface area contributed by atoms with Gasteiger partial charge in [-0.3, -0.25) is 0 Å². The fraction of sp³-hybridized carbons (Fsp3) is 0.444. The van der Waals surface area contributed by atoms with Gasteiger partial charge in [-0.25, -0.2) is 23.1 Å². The maximum atomic E-state index is 12.7. The molecule has 2 aromatic rings. The number of aromatic nitrogens is 2. The van der Waals surface area contributed by atoms with Crippen molar-refractivity contribution in [1.82, 2.24) is 14.7 Å². The SMILES string of the molecule is COc1nccnc1OC1CCC(NS(=O)(=O)c2cc(Cl)ccc2C)CC1. The summed E-state index contributed by atoms with van der Waals surface area (Å²) in [6.45, 7) is 1.75. The molecule has 0 unspecified atom stereocenters. The molecule has 0 saturated heterocycles. The first kappa shape index (κ1) is 19.9. The Balaban J connectivity index is 1.60. The van der Waals surface area contributed by atoms with Gasteiger partial charge in [0.2, 0.25) is 10.0 Å². The number of halogens is 1. The van der Waals surface area contributed by atoms with Crippen LogP contribution in [-0.2, 0) is 10.0 Å². The Bertz CT molecular complexity index is 899. The van der Waals surface area contributed by atoms with Crippen LogP contribution >= 0.6 is 11.6 Å². The van der Waals surface area contributed by atoms with Crippen molar-refractivity contribution < 1.29 is 17.9 Å². The molecule has 1 fully saturated rings. The van der Waals surface area contributed by atoms with Crippen molar-refractivity contribution >= 4 is 21.6 Å². The van der Waals surface area contributed by atoms with Gasteiger partial charge in [0.25, 0.3) is 11.8 Å². The highest BCUT2D eigenvalue weighted by molar-refractivity contribution is 7.89. The minimum Gasteiger partial charge on any atom is -0.477 e. The molecule has 0 bridgehead atoms. The number of aryl methyl sites for hydroxylation is 1. The average molecular weight is 412 g/mol. The molecule has 0 radical (unpaired) electrons. The van der Waals surface area contributed by atoms with Gasteiger partial charge in [0.15, 0.2) is 0 Å². The van der Waals surface area contributed by atoms with Crippen molar-refractivity contribution in [3.63, 3.8) is 0 Å². The summed E-state index contributed by atoms with van der Waals surface area (Å²) in [5, 5.41) is 0.399. The van der Waals surface area contributed by atoms with Gasteiger partial charge in [-0.1, -0.05) is 17.7 Å². The third-order valence-electron chi connectivity index (χ3n) is 4.54. The number of benzene rings is 1. The molecule has 146 valence electrons. The lowest BCUT2D eigenvalue weighted by molar-refractivity contribution is 0.132. The third-order valence-corrected chi connectivity index (χ3v) is 6.44. The molecule has 1 aliphatic rings. The summed E-state index contributed by atoms with van der Waals surface area (Å²) >= 11 is 5.96. The zero-order chi connectivity index (χ0) is 19.4. The second kappa shape index (κ2) is 8.41. The van der Waals surface area contributed by atoms with E-state index in [1.165, 1.54) is 19.4 Å². The summed E-state index contributed by atoms with van der Waals surface area (Å²) in [6, 6.07) is 4.72. The smallest absolute Gasteiger partial charge is 0.278 e. The van der Waals surface area contributed by atoms with E-state index in [2.05, 4.69) is 14.7 Å². The number of sulfonamides is 1. The van der Waals surface area contributed by atoms with Crippen molar-refractivity contribution in [3.8, 4) is 11.8 Å². The lowest BCUT2D eigenvalue weighted by Gasteiger charge is -2.29. The fourth-order valence-electron chi connectivity index (χ4n) is 3.14. The molecule has 7 nitrogen and oxygen atoms in total. The molecule has 3 rings (SSSR count). The van der Waals surface area contributed by atoms with E-state index in [-0.39, 0.29) is 17.0 Å². The topological polar surface area (TPSA) is 90.4 Å². The van der Waals surface area contributed by atoms with Crippen LogP contribution in [0.25, 0.3) is 0 Å². The summed E-state index contributed by atoms with van der Waals surface area (Å²) in [7, 11) is -2.10. The van der Waals surface area contributed by atoms with E-state index in [4.69, 9.17) is 21.1 Å².